The Kier molecular flexibility index (Phi) is 5.24. The summed E-state index contributed by atoms with van der Waals surface area (Å²) in [6.07, 6.45) is -0.798. The molecule has 22 heavy (non-hydrogen) atoms. The number of likely N-dealkylation sites (N-methyl/N-ethyl adjacent to an activating group) is 1. The van der Waals surface area contributed by atoms with Crippen LogP contribution >= 0.6 is 0 Å². The van der Waals surface area contributed by atoms with Crippen LogP contribution in [0.15, 0.2) is 34.9 Å². The molecule has 1 amide bonds. The fraction of sp³-hybridized carbons (Fsp3) is 0.333. The quantitative estimate of drug-likeness (QED) is 0.849. The van der Waals surface area contributed by atoms with Gasteiger partial charge in [-0.05, 0) is 31.7 Å². The molecule has 2 rings (SSSR count). The molecule has 1 atom stereocenters. The van der Waals surface area contributed by atoms with Gasteiger partial charge in [0.05, 0.1) is 12.6 Å². The topological polar surface area (TPSA) is 78.6 Å². The number of aliphatic hydroxyl groups is 1. The number of hydrogen-bond donors (Lipinski definition) is 2. The van der Waals surface area contributed by atoms with Crippen LogP contribution in [0.3, 0.4) is 0 Å². The predicted octanol–water partition coefficient (Wildman–Crippen LogP) is 1.73. The highest BCUT2D eigenvalue weighted by Crippen LogP contribution is 2.14. The average molecular weight is 307 g/mol. The van der Waals surface area contributed by atoms with Gasteiger partial charge in [-0.1, -0.05) is 17.3 Å². The molecule has 0 fully saturated rings. The van der Waals surface area contributed by atoms with Gasteiger partial charge in [0.2, 0.25) is 5.91 Å². The summed E-state index contributed by atoms with van der Waals surface area (Å²) < 4.78 is 17.7. The summed E-state index contributed by atoms with van der Waals surface area (Å²) in [7, 11) is 1.71. The Balaban J connectivity index is 1.82. The number of aliphatic hydroxyl groups excluding tert-OH is 1. The average Bonchev–Trinajstić information content (AvgIpc) is 2.84. The summed E-state index contributed by atoms with van der Waals surface area (Å²) in [5, 5.41) is 16.3. The normalized spacial score (nSPS) is 12.4. The molecule has 2 N–H and O–H groups in total. The predicted molar refractivity (Wildman–Crippen MR) is 78.7 cm³/mol. The number of hydrogen-bond acceptors (Lipinski definition) is 5. The molecule has 0 bridgehead atoms. The first-order valence-corrected chi connectivity index (χ1v) is 6.79. The molecule has 0 aliphatic rings. The van der Waals surface area contributed by atoms with Crippen molar-refractivity contribution < 1.29 is 18.8 Å². The van der Waals surface area contributed by atoms with E-state index in [0.29, 0.717) is 17.1 Å². The van der Waals surface area contributed by atoms with Gasteiger partial charge in [-0.15, -0.1) is 0 Å². The summed E-state index contributed by atoms with van der Waals surface area (Å²) in [6, 6.07) is 7.24. The molecule has 118 valence electrons. The number of rotatable bonds is 6. The fourth-order valence-corrected chi connectivity index (χ4v) is 2.00. The lowest BCUT2D eigenvalue weighted by Gasteiger charge is -2.20. The Morgan fingerprint density at radius 2 is 2.14 bits per heavy atom. The van der Waals surface area contributed by atoms with Crippen molar-refractivity contribution in [1.29, 1.82) is 0 Å². The van der Waals surface area contributed by atoms with Crippen molar-refractivity contribution in [2.75, 3.05) is 25.5 Å². The lowest BCUT2D eigenvalue weighted by Crippen LogP contribution is -2.33. The summed E-state index contributed by atoms with van der Waals surface area (Å²) in [4.78, 5) is 13.5. The Bertz CT molecular complexity index is 627. The van der Waals surface area contributed by atoms with Crippen LogP contribution in [0.1, 0.15) is 17.4 Å². The zero-order valence-corrected chi connectivity index (χ0v) is 12.4. The second-order valence-electron chi connectivity index (χ2n) is 5.14. The highest BCUT2D eigenvalue weighted by molar-refractivity contribution is 5.91. The minimum atomic E-state index is -0.798. The largest absolute Gasteiger partial charge is 0.387 e. The zero-order chi connectivity index (χ0) is 16.1. The van der Waals surface area contributed by atoms with Crippen molar-refractivity contribution in [1.82, 2.24) is 10.1 Å². The van der Waals surface area contributed by atoms with Crippen LogP contribution in [-0.4, -0.2) is 41.2 Å². The Labute approximate surface area is 127 Å². The summed E-state index contributed by atoms with van der Waals surface area (Å²) >= 11 is 0. The first kappa shape index (κ1) is 16.1. The zero-order valence-electron chi connectivity index (χ0n) is 12.4. The number of nitrogens with zero attached hydrogens (tertiary/aromatic N) is 2. The van der Waals surface area contributed by atoms with E-state index in [1.54, 1.807) is 24.9 Å². The summed E-state index contributed by atoms with van der Waals surface area (Å²) in [6.45, 7) is 2.06. The molecule has 0 radical (unpaired) electrons. The van der Waals surface area contributed by atoms with Crippen molar-refractivity contribution in [2.24, 2.45) is 0 Å². The maximum Gasteiger partial charge on any atom is 0.239 e. The molecule has 1 unspecified atom stereocenters. The number of carbonyl (C=O) groups excluding carboxylic acids is 1. The molecular weight excluding hydrogens is 289 g/mol. The van der Waals surface area contributed by atoms with E-state index in [9.17, 15) is 14.3 Å². The number of amides is 1. The van der Waals surface area contributed by atoms with E-state index in [4.69, 9.17) is 4.52 Å². The number of nitrogens with one attached hydrogen (secondary N) is 1. The summed E-state index contributed by atoms with van der Waals surface area (Å²) in [5.41, 5.74) is 0.598. The summed E-state index contributed by atoms with van der Waals surface area (Å²) in [5.74, 6) is 0.346. The second-order valence-corrected chi connectivity index (χ2v) is 5.14. The van der Waals surface area contributed by atoms with Crippen LogP contribution in [0.25, 0.3) is 0 Å². The molecule has 0 saturated carbocycles. The van der Waals surface area contributed by atoms with E-state index in [-0.39, 0.29) is 24.8 Å². The van der Waals surface area contributed by atoms with Gasteiger partial charge in [0, 0.05) is 12.6 Å². The van der Waals surface area contributed by atoms with Crippen LogP contribution in [0.5, 0.6) is 0 Å². The maximum absolute atomic E-state index is 12.8. The van der Waals surface area contributed by atoms with E-state index in [1.165, 1.54) is 24.3 Å². The van der Waals surface area contributed by atoms with Gasteiger partial charge >= 0.3 is 0 Å². The van der Waals surface area contributed by atoms with Crippen molar-refractivity contribution >= 4 is 11.7 Å². The number of aromatic nitrogens is 1. The highest BCUT2D eigenvalue weighted by atomic mass is 19.1. The second kappa shape index (κ2) is 7.15. The molecule has 7 heteroatoms. The number of anilines is 1. The number of benzene rings is 1. The molecule has 6 nitrogen and oxygen atoms in total. The lowest BCUT2D eigenvalue weighted by atomic mass is 10.1. The molecule has 1 aromatic carbocycles. The molecule has 0 saturated heterocycles. The van der Waals surface area contributed by atoms with Gasteiger partial charge in [0.1, 0.15) is 11.6 Å². The van der Waals surface area contributed by atoms with E-state index in [2.05, 4.69) is 10.5 Å². The van der Waals surface area contributed by atoms with Gasteiger partial charge in [-0.2, -0.15) is 0 Å². The molecule has 0 spiro atoms. The van der Waals surface area contributed by atoms with Crippen molar-refractivity contribution in [3.63, 3.8) is 0 Å². The molecular formula is C15H18FN3O3. The standard InChI is InChI=1S/C15H18FN3O3/c1-10-7-14(18-22-10)17-15(21)9-19(2)8-13(20)11-3-5-12(16)6-4-11/h3-7,13,20H,8-9H2,1-2H3,(H,17,18,21). The van der Waals surface area contributed by atoms with Crippen molar-refractivity contribution in [3.8, 4) is 0 Å². The third kappa shape index (κ3) is 4.64. The van der Waals surface area contributed by atoms with E-state index < -0.39 is 6.10 Å². The SMILES string of the molecule is Cc1cc(NC(=O)CN(C)CC(O)c2ccc(F)cc2)no1. The van der Waals surface area contributed by atoms with Gasteiger partial charge in [-0.3, -0.25) is 9.69 Å². The van der Waals surface area contributed by atoms with Gasteiger partial charge < -0.3 is 14.9 Å². The third-order valence-electron chi connectivity index (χ3n) is 3.05. The smallest absolute Gasteiger partial charge is 0.239 e. The lowest BCUT2D eigenvalue weighted by molar-refractivity contribution is -0.117. The fourth-order valence-electron chi connectivity index (χ4n) is 2.00. The minimum absolute atomic E-state index is 0.0875. The van der Waals surface area contributed by atoms with Crippen molar-refractivity contribution in [3.05, 3.63) is 47.5 Å². The highest BCUT2D eigenvalue weighted by Gasteiger charge is 2.14. The number of carbonyl (C=O) groups is 1. The van der Waals surface area contributed by atoms with E-state index >= 15 is 0 Å². The Hall–Kier alpha value is -2.25. The first-order chi connectivity index (χ1) is 10.4. The van der Waals surface area contributed by atoms with Gasteiger partial charge in [0.15, 0.2) is 5.82 Å². The molecule has 0 aliphatic carbocycles. The Morgan fingerprint density at radius 1 is 1.45 bits per heavy atom. The molecule has 2 aromatic rings. The van der Waals surface area contributed by atoms with E-state index in [1.807, 2.05) is 0 Å². The molecule has 1 aromatic heterocycles. The molecule has 0 aliphatic heterocycles. The van der Waals surface area contributed by atoms with Crippen LogP contribution in [-0.2, 0) is 4.79 Å². The van der Waals surface area contributed by atoms with Crippen LogP contribution in [0, 0.1) is 12.7 Å². The van der Waals surface area contributed by atoms with Gasteiger partial charge in [-0.25, -0.2) is 4.39 Å². The van der Waals surface area contributed by atoms with Crippen molar-refractivity contribution in [2.45, 2.75) is 13.0 Å². The first-order valence-electron chi connectivity index (χ1n) is 6.79. The molecule has 1 heterocycles. The maximum atomic E-state index is 12.8. The third-order valence-corrected chi connectivity index (χ3v) is 3.05. The van der Waals surface area contributed by atoms with Crippen LogP contribution in [0.4, 0.5) is 10.2 Å². The minimum Gasteiger partial charge on any atom is -0.387 e. The van der Waals surface area contributed by atoms with Crippen LogP contribution in [0.2, 0.25) is 0 Å². The monoisotopic (exact) mass is 307 g/mol. The Morgan fingerprint density at radius 3 is 2.73 bits per heavy atom. The van der Waals surface area contributed by atoms with Gasteiger partial charge in [0.25, 0.3) is 0 Å². The van der Waals surface area contributed by atoms with E-state index in [0.717, 1.165) is 0 Å². The van der Waals surface area contributed by atoms with Crippen LogP contribution < -0.4 is 5.32 Å². The number of aryl methyl sites for hydroxylation is 1. The number of halogens is 1.